The van der Waals surface area contributed by atoms with Crippen molar-refractivity contribution in [2.45, 2.75) is 31.3 Å². The van der Waals surface area contributed by atoms with E-state index < -0.39 is 15.9 Å². The molecule has 0 aliphatic rings. The van der Waals surface area contributed by atoms with Crippen LogP contribution in [-0.2, 0) is 21.2 Å². The molecule has 9 heteroatoms. The van der Waals surface area contributed by atoms with Crippen molar-refractivity contribution in [1.82, 2.24) is 10.3 Å². The van der Waals surface area contributed by atoms with Gasteiger partial charge in [-0.25, -0.2) is 13.4 Å². The predicted molar refractivity (Wildman–Crippen MR) is 106 cm³/mol. The number of hydrogen-bond acceptors (Lipinski definition) is 6. The van der Waals surface area contributed by atoms with Crippen LogP contribution >= 0.6 is 12.4 Å². The van der Waals surface area contributed by atoms with Gasteiger partial charge in [-0.1, -0.05) is 26.0 Å². The Hall–Kier alpha value is -2.16. The molecule has 0 unspecified atom stereocenters. The molecule has 0 saturated heterocycles. The summed E-state index contributed by atoms with van der Waals surface area (Å²) in [4.78, 5) is 16.3. The second-order valence-electron chi connectivity index (χ2n) is 6.30. The van der Waals surface area contributed by atoms with Crippen molar-refractivity contribution in [3.05, 3.63) is 48.2 Å². The van der Waals surface area contributed by atoms with Crippen molar-refractivity contribution in [3.8, 4) is 11.6 Å². The largest absolute Gasteiger partial charge is 0.439 e. The molecular formula is C18H24ClN3O4S. The fourth-order valence-electron chi connectivity index (χ4n) is 2.13. The first-order valence-corrected chi connectivity index (χ1v) is 10.0. The van der Waals surface area contributed by atoms with Crippen LogP contribution < -0.4 is 15.8 Å². The number of pyridine rings is 1. The van der Waals surface area contributed by atoms with Crippen LogP contribution in [0.5, 0.6) is 11.6 Å². The first-order valence-electron chi connectivity index (χ1n) is 8.13. The van der Waals surface area contributed by atoms with Crippen molar-refractivity contribution >= 4 is 28.2 Å². The van der Waals surface area contributed by atoms with E-state index in [0.29, 0.717) is 11.3 Å². The van der Waals surface area contributed by atoms with Crippen molar-refractivity contribution < 1.29 is 17.9 Å². The van der Waals surface area contributed by atoms with Crippen LogP contribution in [-0.4, -0.2) is 31.6 Å². The number of carbonyl (C=O) groups excluding carboxylic acids is 1. The highest BCUT2D eigenvalue weighted by molar-refractivity contribution is 7.90. The highest BCUT2D eigenvalue weighted by atomic mass is 35.5. The Balaban J connectivity index is 0.00000364. The van der Waals surface area contributed by atoms with Gasteiger partial charge in [0.2, 0.25) is 11.8 Å². The Morgan fingerprint density at radius 1 is 1.26 bits per heavy atom. The zero-order valence-electron chi connectivity index (χ0n) is 15.4. The molecule has 0 saturated carbocycles. The molecule has 3 N–H and O–H groups in total. The van der Waals surface area contributed by atoms with Crippen molar-refractivity contribution in [2.24, 2.45) is 11.7 Å². The Morgan fingerprint density at radius 2 is 1.96 bits per heavy atom. The maximum Gasteiger partial charge on any atom is 0.237 e. The number of amides is 1. The lowest BCUT2D eigenvalue weighted by Crippen LogP contribution is -2.43. The lowest BCUT2D eigenvalue weighted by atomic mass is 10.1. The molecule has 1 amide bonds. The summed E-state index contributed by atoms with van der Waals surface area (Å²) in [7, 11) is -3.34. The highest BCUT2D eigenvalue weighted by Crippen LogP contribution is 2.25. The van der Waals surface area contributed by atoms with Crippen LogP contribution in [0.25, 0.3) is 0 Å². The van der Waals surface area contributed by atoms with Gasteiger partial charge in [0.25, 0.3) is 0 Å². The molecule has 1 heterocycles. The minimum absolute atomic E-state index is 0. The molecule has 0 aliphatic heterocycles. The van der Waals surface area contributed by atoms with Gasteiger partial charge >= 0.3 is 0 Å². The molecule has 1 atom stereocenters. The van der Waals surface area contributed by atoms with E-state index in [4.69, 9.17) is 10.5 Å². The average molecular weight is 414 g/mol. The molecule has 1 aromatic carbocycles. The summed E-state index contributed by atoms with van der Waals surface area (Å²) in [5.41, 5.74) is 6.48. The van der Waals surface area contributed by atoms with Crippen LogP contribution in [0.2, 0.25) is 0 Å². The van der Waals surface area contributed by atoms with Crippen molar-refractivity contribution in [1.29, 1.82) is 0 Å². The van der Waals surface area contributed by atoms with Gasteiger partial charge in [0.1, 0.15) is 5.75 Å². The molecule has 0 fully saturated rings. The number of aromatic nitrogens is 1. The second-order valence-corrected chi connectivity index (χ2v) is 8.32. The molecule has 0 aliphatic carbocycles. The third-order valence-electron chi connectivity index (χ3n) is 3.77. The van der Waals surface area contributed by atoms with Crippen LogP contribution in [0.15, 0.2) is 47.5 Å². The summed E-state index contributed by atoms with van der Waals surface area (Å²) >= 11 is 0. The topological polar surface area (TPSA) is 111 Å². The number of ether oxygens (including phenoxy) is 1. The van der Waals surface area contributed by atoms with E-state index in [-0.39, 0.29) is 41.6 Å². The molecule has 0 radical (unpaired) electrons. The SMILES string of the molecule is CC(C)[C@H](N)C(=O)NCc1cccnc1Oc1cccc(S(C)(=O)=O)c1.Cl. The third kappa shape index (κ3) is 6.50. The minimum atomic E-state index is -3.34. The standard InChI is InChI=1S/C18H23N3O4S.ClH/c1-12(2)16(19)17(22)21-11-13-6-5-9-20-18(13)25-14-7-4-8-15(10-14)26(3,23)24;/h4-10,12,16H,11,19H2,1-3H3,(H,21,22);1H/t16-;/m0./s1. The Morgan fingerprint density at radius 3 is 2.59 bits per heavy atom. The number of rotatable bonds is 7. The summed E-state index contributed by atoms with van der Waals surface area (Å²) < 4.78 is 29.1. The zero-order valence-corrected chi connectivity index (χ0v) is 17.0. The quantitative estimate of drug-likeness (QED) is 0.720. The van der Waals surface area contributed by atoms with Crippen LogP contribution in [0.4, 0.5) is 0 Å². The molecule has 0 bridgehead atoms. The summed E-state index contributed by atoms with van der Waals surface area (Å²) in [6.45, 7) is 3.95. The number of sulfone groups is 1. The lowest BCUT2D eigenvalue weighted by Gasteiger charge is -2.16. The minimum Gasteiger partial charge on any atom is -0.439 e. The van der Waals surface area contributed by atoms with E-state index in [1.165, 1.54) is 12.1 Å². The summed E-state index contributed by atoms with van der Waals surface area (Å²) in [5, 5.41) is 2.76. The third-order valence-corrected chi connectivity index (χ3v) is 4.88. The number of halogens is 1. The molecule has 7 nitrogen and oxygen atoms in total. The number of nitrogens with one attached hydrogen (secondary N) is 1. The van der Waals surface area contributed by atoms with E-state index in [9.17, 15) is 13.2 Å². The van der Waals surface area contributed by atoms with Gasteiger partial charge in [0.05, 0.1) is 10.9 Å². The van der Waals surface area contributed by atoms with Gasteiger partial charge in [-0.15, -0.1) is 12.4 Å². The maximum absolute atomic E-state index is 12.0. The van der Waals surface area contributed by atoms with E-state index in [1.54, 1.807) is 30.5 Å². The molecule has 27 heavy (non-hydrogen) atoms. The fraction of sp³-hybridized carbons (Fsp3) is 0.333. The van der Waals surface area contributed by atoms with Crippen LogP contribution in [0.3, 0.4) is 0 Å². The summed E-state index contributed by atoms with van der Waals surface area (Å²) in [6, 6.07) is 9.06. The van der Waals surface area contributed by atoms with Gasteiger partial charge in [0.15, 0.2) is 9.84 Å². The van der Waals surface area contributed by atoms with Crippen molar-refractivity contribution in [3.63, 3.8) is 0 Å². The lowest BCUT2D eigenvalue weighted by molar-refractivity contribution is -0.123. The first kappa shape index (κ1) is 22.9. The first-order chi connectivity index (χ1) is 12.2. The number of nitrogens with zero attached hydrogens (tertiary/aromatic N) is 1. The van der Waals surface area contributed by atoms with Gasteiger partial charge in [0, 0.05) is 24.6 Å². The molecule has 2 rings (SSSR count). The summed E-state index contributed by atoms with van der Waals surface area (Å²) in [5.74, 6) is 0.405. The van der Waals surface area contributed by atoms with Gasteiger partial charge in [-0.2, -0.15) is 0 Å². The monoisotopic (exact) mass is 413 g/mol. The smallest absolute Gasteiger partial charge is 0.237 e. The number of hydrogen-bond donors (Lipinski definition) is 2. The number of benzene rings is 1. The molecule has 1 aromatic heterocycles. The van der Waals surface area contributed by atoms with Gasteiger partial charge in [-0.05, 0) is 30.2 Å². The van der Waals surface area contributed by atoms with E-state index in [2.05, 4.69) is 10.3 Å². The number of nitrogens with two attached hydrogens (primary N) is 1. The van der Waals surface area contributed by atoms with Gasteiger partial charge in [-0.3, -0.25) is 4.79 Å². The molecule has 0 spiro atoms. The predicted octanol–water partition coefficient (Wildman–Crippen LogP) is 2.30. The zero-order chi connectivity index (χ0) is 19.3. The normalized spacial score (nSPS) is 12.2. The number of carbonyl (C=O) groups is 1. The van der Waals surface area contributed by atoms with E-state index >= 15 is 0 Å². The Labute approximate surface area is 165 Å². The van der Waals surface area contributed by atoms with E-state index in [0.717, 1.165) is 6.26 Å². The Bertz CT molecular complexity index is 888. The molecule has 148 valence electrons. The maximum atomic E-state index is 12.0. The molecule has 2 aromatic rings. The van der Waals surface area contributed by atoms with Gasteiger partial charge < -0.3 is 15.8 Å². The summed E-state index contributed by atoms with van der Waals surface area (Å²) in [6.07, 6.45) is 2.69. The molecular weight excluding hydrogens is 390 g/mol. The van der Waals surface area contributed by atoms with Crippen LogP contribution in [0.1, 0.15) is 19.4 Å². The van der Waals surface area contributed by atoms with Crippen molar-refractivity contribution in [2.75, 3.05) is 6.26 Å². The fourth-order valence-corrected chi connectivity index (χ4v) is 2.79. The Kier molecular flexibility index (Phi) is 8.20. The second kappa shape index (κ2) is 9.68. The highest BCUT2D eigenvalue weighted by Gasteiger charge is 2.17. The van der Waals surface area contributed by atoms with E-state index in [1.807, 2.05) is 13.8 Å². The average Bonchev–Trinajstić information content (AvgIpc) is 2.59. The van der Waals surface area contributed by atoms with Crippen LogP contribution in [0, 0.1) is 5.92 Å².